The largest absolute Gasteiger partial charge is 0.469 e. The topological polar surface area (TPSA) is 59.5 Å². The van der Waals surface area contributed by atoms with Crippen LogP contribution in [0, 0.1) is 17.7 Å². The van der Waals surface area contributed by atoms with Crippen molar-refractivity contribution < 1.29 is 23.1 Å². The molecule has 2 rings (SSSR count). The van der Waals surface area contributed by atoms with Crippen LogP contribution in [0.5, 0.6) is 0 Å². The standard InChI is InChI=1S/C13H14F2N2O3/c1-20-13(19)8-3-2-6-17(7-8)12(18)9-4-5-16-11(15)10(9)14/h4-5,8H,2-3,6-7H2,1H3/t8-/m0/s1. The van der Waals surface area contributed by atoms with Crippen molar-refractivity contribution >= 4 is 11.9 Å². The van der Waals surface area contributed by atoms with E-state index in [9.17, 15) is 18.4 Å². The first kappa shape index (κ1) is 14.4. The molecular formula is C13H14F2N2O3. The molecule has 0 radical (unpaired) electrons. The zero-order valence-electron chi connectivity index (χ0n) is 10.9. The molecule has 1 saturated heterocycles. The summed E-state index contributed by atoms with van der Waals surface area (Å²) < 4.78 is 31.2. The van der Waals surface area contributed by atoms with Crippen molar-refractivity contribution in [3.8, 4) is 0 Å². The molecular weight excluding hydrogens is 270 g/mol. The third-order valence-corrected chi connectivity index (χ3v) is 3.32. The number of esters is 1. The average Bonchev–Trinajstić information content (AvgIpc) is 2.48. The molecule has 0 aliphatic carbocycles. The molecule has 0 aromatic carbocycles. The van der Waals surface area contributed by atoms with Gasteiger partial charge in [0.05, 0.1) is 18.6 Å². The molecule has 5 nitrogen and oxygen atoms in total. The van der Waals surface area contributed by atoms with Crippen LogP contribution in [0.15, 0.2) is 12.3 Å². The van der Waals surface area contributed by atoms with Crippen LogP contribution in [-0.4, -0.2) is 42.0 Å². The minimum absolute atomic E-state index is 0.148. The quantitative estimate of drug-likeness (QED) is 0.608. The van der Waals surface area contributed by atoms with E-state index in [1.54, 1.807) is 0 Å². The van der Waals surface area contributed by atoms with Crippen LogP contribution >= 0.6 is 0 Å². The molecule has 0 bridgehead atoms. The van der Waals surface area contributed by atoms with Gasteiger partial charge in [-0.05, 0) is 18.9 Å². The number of hydrogen-bond donors (Lipinski definition) is 0. The first-order valence-corrected chi connectivity index (χ1v) is 6.21. The first-order chi connectivity index (χ1) is 9.54. The number of rotatable bonds is 2. The minimum Gasteiger partial charge on any atom is -0.469 e. The van der Waals surface area contributed by atoms with Crippen molar-refractivity contribution in [1.29, 1.82) is 0 Å². The fraction of sp³-hybridized carbons (Fsp3) is 0.462. The summed E-state index contributed by atoms with van der Waals surface area (Å²) in [4.78, 5) is 28.1. The van der Waals surface area contributed by atoms with E-state index in [1.165, 1.54) is 12.0 Å². The van der Waals surface area contributed by atoms with Gasteiger partial charge in [-0.25, -0.2) is 9.37 Å². The van der Waals surface area contributed by atoms with Gasteiger partial charge >= 0.3 is 5.97 Å². The van der Waals surface area contributed by atoms with Crippen LogP contribution in [0.25, 0.3) is 0 Å². The number of pyridine rings is 1. The second kappa shape index (κ2) is 5.94. The summed E-state index contributed by atoms with van der Waals surface area (Å²) >= 11 is 0. The maximum atomic E-state index is 13.6. The summed E-state index contributed by atoms with van der Waals surface area (Å²) in [6.45, 7) is 0.546. The van der Waals surface area contributed by atoms with Crippen molar-refractivity contribution in [2.24, 2.45) is 5.92 Å². The summed E-state index contributed by atoms with van der Waals surface area (Å²) in [6, 6.07) is 1.13. The summed E-state index contributed by atoms with van der Waals surface area (Å²) in [5.74, 6) is -4.04. The lowest BCUT2D eigenvalue weighted by atomic mass is 9.97. The van der Waals surface area contributed by atoms with E-state index in [0.29, 0.717) is 19.4 Å². The number of carbonyl (C=O) groups is 2. The average molecular weight is 284 g/mol. The van der Waals surface area contributed by atoms with Crippen molar-refractivity contribution in [2.45, 2.75) is 12.8 Å². The zero-order chi connectivity index (χ0) is 14.7. The molecule has 1 aliphatic heterocycles. The highest BCUT2D eigenvalue weighted by Gasteiger charge is 2.31. The molecule has 1 amide bonds. The zero-order valence-corrected chi connectivity index (χ0v) is 10.9. The summed E-state index contributed by atoms with van der Waals surface area (Å²) in [7, 11) is 1.28. The van der Waals surface area contributed by atoms with E-state index in [2.05, 4.69) is 9.72 Å². The maximum Gasteiger partial charge on any atom is 0.310 e. The smallest absolute Gasteiger partial charge is 0.310 e. The maximum absolute atomic E-state index is 13.6. The Morgan fingerprint density at radius 1 is 1.45 bits per heavy atom. The van der Waals surface area contributed by atoms with Crippen LogP contribution in [0.4, 0.5) is 8.78 Å². The Bertz CT molecular complexity index is 536. The van der Waals surface area contributed by atoms with Gasteiger partial charge in [-0.1, -0.05) is 0 Å². The number of hydrogen-bond acceptors (Lipinski definition) is 4. The Hall–Kier alpha value is -2.05. The van der Waals surface area contributed by atoms with Crippen molar-refractivity contribution in [3.63, 3.8) is 0 Å². The summed E-state index contributed by atoms with van der Waals surface area (Å²) in [5.41, 5.74) is -0.372. The highest BCUT2D eigenvalue weighted by Crippen LogP contribution is 2.21. The number of piperidine rings is 1. The second-order valence-corrected chi connectivity index (χ2v) is 4.58. The van der Waals surface area contributed by atoms with Gasteiger partial charge in [-0.15, -0.1) is 0 Å². The first-order valence-electron chi connectivity index (χ1n) is 6.21. The summed E-state index contributed by atoms with van der Waals surface area (Å²) in [6.07, 6.45) is 2.26. The van der Waals surface area contributed by atoms with Crippen LogP contribution in [0.1, 0.15) is 23.2 Å². The normalized spacial score (nSPS) is 18.8. The number of carbonyl (C=O) groups excluding carboxylic acids is 2. The van der Waals surface area contributed by atoms with Gasteiger partial charge < -0.3 is 9.64 Å². The van der Waals surface area contributed by atoms with E-state index in [1.807, 2.05) is 0 Å². The Morgan fingerprint density at radius 2 is 2.20 bits per heavy atom. The van der Waals surface area contributed by atoms with Crippen LogP contribution in [0.2, 0.25) is 0 Å². The number of methoxy groups -OCH3 is 1. The fourth-order valence-electron chi connectivity index (χ4n) is 2.27. The van der Waals surface area contributed by atoms with Gasteiger partial charge in [-0.2, -0.15) is 4.39 Å². The molecule has 0 N–H and O–H groups in total. The van der Waals surface area contributed by atoms with Gasteiger partial charge in [0.2, 0.25) is 5.95 Å². The molecule has 1 atom stereocenters. The Morgan fingerprint density at radius 3 is 2.90 bits per heavy atom. The Balaban J connectivity index is 2.16. The van der Waals surface area contributed by atoms with E-state index < -0.39 is 29.6 Å². The monoisotopic (exact) mass is 284 g/mol. The molecule has 1 aromatic heterocycles. The molecule has 0 spiro atoms. The molecule has 1 aliphatic rings. The lowest BCUT2D eigenvalue weighted by molar-refractivity contribution is -0.146. The van der Waals surface area contributed by atoms with Gasteiger partial charge in [0, 0.05) is 19.3 Å². The number of ether oxygens (including phenoxy) is 1. The van der Waals surface area contributed by atoms with Crippen LogP contribution in [-0.2, 0) is 9.53 Å². The fourth-order valence-corrected chi connectivity index (χ4v) is 2.27. The highest BCUT2D eigenvalue weighted by atomic mass is 19.2. The molecule has 0 saturated carbocycles. The third kappa shape index (κ3) is 2.76. The van der Waals surface area contributed by atoms with E-state index >= 15 is 0 Å². The van der Waals surface area contributed by atoms with Crippen molar-refractivity contribution in [1.82, 2.24) is 9.88 Å². The van der Waals surface area contributed by atoms with Crippen LogP contribution in [0.3, 0.4) is 0 Å². The van der Waals surface area contributed by atoms with Gasteiger partial charge in [0.25, 0.3) is 5.91 Å². The predicted molar refractivity (Wildman–Crippen MR) is 64.8 cm³/mol. The number of halogens is 2. The van der Waals surface area contributed by atoms with Crippen LogP contribution < -0.4 is 0 Å². The predicted octanol–water partition coefficient (Wildman–Crippen LogP) is 1.39. The molecule has 20 heavy (non-hydrogen) atoms. The minimum atomic E-state index is -1.31. The SMILES string of the molecule is COC(=O)[C@H]1CCCN(C(=O)c2ccnc(F)c2F)C1. The van der Waals surface area contributed by atoms with E-state index in [-0.39, 0.29) is 12.1 Å². The van der Waals surface area contributed by atoms with E-state index in [4.69, 9.17) is 0 Å². The summed E-state index contributed by atoms with van der Waals surface area (Å²) in [5, 5.41) is 0. The van der Waals surface area contributed by atoms with Gasteiger partial charge in [0.1, 0.15) is 0 Å². The number of aromatic nitrogens is 1. The molecule has 1 aromatic rings. The van der Waals surface area contributed by atoms with Gasteiger partial charge in [0.15, 0.2) is 5.82 Å². The van der Waals surface area contributed by atoms with Gasteiger partial charge in [-0.3, -0.25) is 9.59 Å². The van der Waals surface area contributed by atoms with Crippen molar-refractivity contribution in [3.05, 3.63) is 29.6 Å². The van der Waals surface area contributed by atoms with Crippen molar-refractivity contribution in [2.75, 3.05) is 20.2 Å². The molecule has 2 heterocycles. The lowest BCUT2D eigenvalue weighted by Crippen LogP contribution is -2.43. The highest BCUT2D eigenvalue weighted by molar-refractivity contribution is 5.94. The Kier molecular flexibility index (Phi) is 4.26. The Labute approximate surface area is 114 Å². The second-order valence-electron chi connectivity index (χ2n) is 4.58. The number of nitrogens with zero attached hydrogens (tertiary/aromatic N) is 2. The number of amides is 1. The third-order valence-electron chi connectivity index (χ3n) is 3.32. The lowest BCUT2D eigenvalue weighted by Gasteiger charge is -2.31. The molecule has 108 valence electrons. The molecule has 0 unspecified atom stereocenters. The van der Waals surface area contributed by atoms with E-state index in [0.717, 1.165) is 12.3 Å². The molecule has 1 fully saturated rings. The number of likely N-dealkylation sites (tertiary alicyclic amines) is 1. The molecule has 7 heteroatoms.